The molecule has 3 rings (SSSR count). The molecule has 0 saturated heterocycles. The molecule has 2 aromatic carbocycles. The lowest BCUT2D eigenvalue weighted by molar-refractivity contribution is 0.253. The maximum Gasteiger partial charge on any atom is 0.195 e. The zero-order chi connectivity index (χ0) is 17.3. The Morgan fingerprint density at radius 1 is 1.12 bits per heavy atom. The Labute approximate surface area is 145 Å². The van der Waals surface area contributed by atoms with Crippen LogP contribution in [0.2, 0.25) is 0 Å². The molecule has 122 valence electrons. The van der Waals surface area contributed by atoms with Crippen molar-refractivity contribution in [3.05, 3.63) is 57.2 Å². The fourth-order valence-corrected chi connectivity index (χ4v) is 4.04. The van der Waals surface area contributed by atoms with Crippen molar-refractivity contribution in [2.24, 2.45) is 0 Å². The SMILES string of the molecule is CCc1cc(CC)c2sc3ccc(C#CC(C)O)cc3c(=O)c2c1. The normalized spacial score (nSPS) is 12.2. The van der Waals surface area contributed by atoms with Crippen LogP contribution in [-0.4, -0.2) is 11.2 Å². The molecule has 0 aliphatic rings. The highest BCUT2D eigenvalue weighted by molar-refractivity contribution is 7.24. The summed E-state index contributed by atoms with van der Waals surface area (Å²) in [6.07, 6.45) is 1.17. The minimum atomic E-state index is -0.675. The van der Waals surface area contributed by atoms with Gasteiger partial charge in [0.05, 0.1) is 0 Å². The minimum absolute atomic E-state index is 0.0736. The van der Waals surface area contributed by atoms with E-state index >= 15 is 0 Å². The van der Waals surface area contributed by atoms with E-state index in [2.05, 4.69) is 31.8 Å². The van der Waals surface area contributed by atoms with Gasteiger partial charge >= 0.3 is 0 Å². The largest absolute Gasteiger partial charge is 0.381 e. The average molecular weight is 336 g/mol. The molecule has 1 atom stereocenters. The molecule has 2 nitrogen and oxygen atoms in total. The van der Waals surface area contributed by atoms with Crippen molar-refractivity contribution in [1.82, 2.24) is 0 Å². The molecule has 3 heteroatoms. The molecule has 0 bridgehead atoms. The molecule has 1 heterocycles. The molecule has 1 aromatic heterocycles. The van der Waals surface area contributed by atoms with E-state index in [-0.39, 0.29) is 5.43 Å². The van der Waals surface area contributed by atoms with Crippen LogP contribution in [0.5, 0.6) is 0 Å². The molecule has 0 fully saturated rings. The maximum absolute atomic E-state index is 13.0. The number of benzene rings is 2. The molecule has 1 N–H and O–H groups in total. The Balaban J connectivity index is 2.33. The third kappa shape index (κ3) is 3.08. The smallest absolute Gasteiger partial charge is 0.195 e. The molecule has 0 radical (unpaired) electrons. The lowest BCUT2D eigenvalue weighted by atomic mass is 10.0. The summed E-state index contributed by atoms with van der Waals surface area (Å²) < 4.78 is 2.07. The van der Waals surface area contributed by atoms with Crippen molar-refractivity contribution in [3.63, 3.8) is 0 Å². The zero-order valence-corrected chi connectivity index (χ0v) is 15.0. The summed E-state index contributed by atoms with van der Waals surface area (Å²) in [7, 11) is 0. The van der Waals surface area contributed by atoms with Gasteiger partial charge in [-0.3, -0.25) is 4.79 Å². The first kappa shape index (κ1) is 16.7. The van der Waals surface area contributed by atoms with Gasteiger partial charge in [-0.2, -0.15) is 0 Å². The van der Waals surface area contributed by atoms with Gasteiger partial charge in [-0.1, -0.05) is 31.8 Å². The first-order chi connectivity index (χ1) is 11.5. The predicted molar refractivity (Wildman–Crippen MR) is 103 cm³/mol. The molecule has 24 heavy (non-hydrogen) atoms. The summed E-state index contributed by atoms with van der Waals surface area (Å²) >= 11 is 1.67. The molecule has 0 saturated carbocycles. The second-order valence-corrected chi connectivity index (χ2v) is 6.98. The van der Waals surface area contributed by atoms with Gasteiger partial charge in [-0.15, -0.1) is 11.3 Å². The fraction of sp³-hybridized carbons (Fsp3) is 0.286. The number of fused-ring (bicyclic) bond motifs is 2. The van der Waals surface area contributed by atoms with Gasteiger partial charge in [0.2, 0.25) is 0 Å². The van der Waals surface area contributed by atoms with Crippen molar-refractivity contribution in [1.29, 1.82) is 0 Å². The van der Waals surface area contributed by atoms with Crippen LogP contribution in [0.3, 0.4) is 0 Å². The Hall–Kier alpha value is -2.15. The van der Waals surface area contributed by atoms with Crippen LogP contribution in [0.25, 0.3) is 20.2 Å². The van der Waals surface area contributed by atoms with E-state index < -0.39 is 6.10 Å². The Morgan fingerprint density at radius 2 is 1.92 bits per heavy atom. The van der Waals surface area contributed by atoms with E-state index in [9.17, 15) is 9.90 Å². The summed E-state index contributed by atoms with van der Waals surface area (Å²) in [5.74, 6) is 5.65. The molecule has 3 aromatic rings. The number of rotatable bonds is 2. The van der Waals surface area contributed by atoms with Crippen LogP contribution in [0.1, 0.15) is 37.5 Å². The first-order valence-electron chi connectivity index (χ1n) is 8.25. The minimum Gasteiger partial charge on any atom is -0.381 e. The van der Waals surface area contributed by atoms with Gasteiger partial charge < -0.3 is 5.11 Å². The van der Waals surface area contributed by atoms with Crippen LogP contribution < -0.4 is 5.43 Å². The quantitative estimate of drug-likeness (QED) is 0.560. The maximum atomic E-state index is 13.0. The summed E-state index contributed by atoms with van der Waals surface area (Å²) in [6, 6.07) is 9.95. The van der Waals surface area contributed by atoms with Gasteiger partial charge in [0.15, 0.2) is 5.43 Å². The van der Waals surface area contributed by atoms with Crippen LogP contribution in [0, 0.1) is 11.8 Å². The summed E-state index contributed by atoms with van der Waals surface area (Å²) in [5.41, 5.74) is 3.28. The Bertz CT molecular complexity index is 1030. The van der Waals surface area contributed by atoms with Crippen LogP contribution in [-0.2, 0) is 12.8 Å². The van der Waals surface area contributed by atoms with Gasteiger partial charge in [-0.25, -0.2) is 0 Å². The first-order valence-corrected chi connectivity index (χ1v) is 9.07. The molecular formula is C21H20O2S. The fourth-order valence-electron chi connectivity index (χ4n) is 2.83. The number of hydrogen-bond donors (Lipinski definition) is 1. The van der Waals surface area contributed by atoms with Gasteiger partial charge in [-0.05, 0) is 55.2 Å². The monoisotopic (exact) mass is 336 g/mol. The lowest BCUT2D eigenvalue weighted by Gasteiger charge is -2.08. The Kier molecular flexibility index (Phi) is 4.71. The highest BCUT2D eigenvalue weighted by Crippen LogP contribution is 2.29. The van der Waals surface area contributed by atoms with Gasteiger partial charge in [0.25, 0.3) is 0 Å². The molecule has 0 amide bonds. The number of aliphatic hydroxyl groups is 1. The second kappa shape index (κ2) is 6.76. The average Bonchev–Trinajstić information content (AvgIpc) is 2.59. The lowest BCUT2D eigenvalue weighted by Crippen LogP contribution is -2.03. The van der Waals surface area contributed by atoms with E-state index in [1.54, 1.807) is 18.3 Å². The third-order valence-corrected chi connectivity index (χ3v) is 5.38. The molecular weight excluding hydrogens is 316 g/mol. The van der Waals surface area contributed by atoms with Gasteiger partial charge in [0, 0.05) is 25.7 Å². The molecule has 1 unspecified atom stereocenters. The second-order valence-electron chi connectivity index (χ2n) is 5.93. The number of aliphatic hydroxyl groups excluding tert-OH is 1. The van der Waals surface area contributed by atoms with Crippen LogP contribution in [0.15, 0.2) is 35.1 Å². The molecule has 0 aliphatic carbocycles. The van der Waals surface area contributed by atoms with Crippen molar-refractivity contribution in [2.75, 3.05) is 0 Å². The topological polar surface area (TPSA) is 37.3 Å². The standard InChI is InChI=1S/C21H20O2S/c1-4-14-10-16(5-2)21-18(11-14)20(23)17-12-15(7-6-13(3)22)8-9-19(17)24-21/h8-13,22H,4-5H2,1-3H3. The van der Waals surface area contributed by atoms with E-state index in [4.69, 9.17) is 0 Å². The highest BCUT2D eigenvalue weighted by Gasteiger charge is 2.10. The molecule has 0 spiro atoms. The van der Waals surface area contributed by atoms with E-state index in [0.29, 0.717) is 5.39 Å². The summed E-state index contributed by atoms with van der Waals surface area (Å²) in [4.78, 5) is 13.0. The van der Waals surface area contributed by atoms with E-state index in [1.807, 2.05) is 24.3 Å². The van der Waals surface area contributed by atoms with E-state index in [0.717, 1.165) is 33.2 Å². The number of hydrogen-bond acceptors (Lipinski definition) is 3. The highest BCUT2D eigenvalue weighted by atomic mass is 32.1. The van der Waals surface area contributed by atoms with Crippen molar-refractivity contribution in [2.45, 2.75) is 39.7 Å². The molecule has 0 aliphatic heterocycles. The summed E-state index contributed by atoms with van der Waals surface area (Å²) in [6.45, 7) is 5.87. The summed E-state index contributed by atoms with van der Waals surface area (Å²) in [5, 5.41) is 10.8. The number of aryl methyl sites for hydroxylation is 2. The Morgan fingerprint density at radius 3 is 2.58 bits per heavy atom. The van der Waals surface area contributed by atoms with Crippen molar-refractivity contribution < 1.29 is 5.11 Å². The zero-order valence-electron chi connectivity index (χ0n) is 14.1. The van der Waals surface area contributed by atoms with E-state index in [1.165, 1.54) is 11.1 Å². The van der Waals surface area contributed by atoms with Crippen LogP contribution in [0.4, 0.5) is 0 Å². The van der Waals surface area contributed by atoms with Crippen molar-refractivity contribution >= 4 is 31.5 Å². The van der Waals surface area contributed by atoms with Gasteiger partial charge in [0.1, 0.15) is 6.10 Å². The van der Waals surface area contributed by atoms with Crippen molar-refractivity contribution in [3.8, 4) is 11.8 Å². The van der Waals surface area contributed by atoms with Crippen LogP contribution >= 0.6 is 11.3 Å². The predicted octanol–water partition coefficient (Wildman–Crippen LogP) is 4.27. The third-order valence-electron chi connectivity index (χ3n) is 4.12.